The van der Waals surface area contributed by atoms with Crippen molar-refractivity contribution in [3.05, 3.63) is 36.4 Å². The van der Waals surface area contributed by atoms with Gasteiger partial charge in [-0.05, 0) is 24.3 Å². The second-order valence-corrected chi connectivity index (χ2v) is 7.33. The number of hydrogen-bond donors (Lipinski definition) is 3. The molecule has 0 saturated heterocycles. The fourth-order valence-corrected chi connectivity index (χ4v) is 3.20. The van der Waals surface area contributed by atoms with Crippen LogP contribution >= 0.6 is 0 Å². The monoisotopic (exact) mass is 327 g/mol. The van der Waals surface area contributed by atoms with Gasteiger partial charge in [0.15, 0.2) is 0 Å². The summed E-state index contributed by atoms with van der Waals surface area (Å²) >= 11 is 0. The van der Waals surface area contributed by atoms with E-state index in [0.29, 0.717) is 21.8 Å². The molecule has 0 radical (unpaired) electrons. The first-order chi connectivity index (χ1) is 9.66. The lowest BCUT2D eigenvalue weighted by molar-refractivity contribution is 0.481. The van der Waals surface area contributed by atoms with Crippen LogP contribution in [0.3, 0.4) is 0 Å². The van der Waals surface area contributed by atoms with Crippen LogP contribution in [0.4, 0.5) is 0 Å². The molecule has 3 aromatic rings. The summed E-state index contributed by atoms with van der Waals surface area (Å²) in [6, 6.07) is 8.01. The highest BCUT2D eigenvalue weighted by Gasteiger charge is 2.15. The average molecular weight is 327 g/mol. The topological polar surface area (TPSA) is 125 Å². The van der Waals surface area contributed by atoms with Crippen molar-refractivity contribution in [1.29, 1.82) is 0 Å². The van der Waals surface area contributed by atoms with Gasteiger partial charge in [-0.1, -0.05) is 12.1 Å². The highest BCUT2D eigenvalue weighted by atomic mass is 32.2. The smallest absolute Gasteiger partial charge is 0.294 e. The molecule has 0 saturated carbocycles. The zero-order valence-corrected chi connectivity index (χ0v) is 11.9. The van der Waals surface area contributed by atoms with E-state index < -0.39 is 20.2 Å². The second kappa shape index (κ2) is 4.28. The Balaban J connectivity index is 2.34. The van der Waals surface area contributed by atoms with Crippen LogP contribution in [0.15, 0.2) is 46.2 Å². The van der Waals surface area contributed by atoms with E-state index in [1.165, 1.54) is 36.4 Å². The summed E-state index contributed by atoms with van der Waals surface area (Å²) in [6.07, 6.45) is 0. The first-order valence-corrected chi connectivity index (χ1v) is 8.55. The highest BCUT2D eigenvalue weighted by molar-refractivity contribution is 7.86. The lowest BCUT2D eigenvalue weighted by Gasteiger charge is -1.97. The summed E-state index contributed by atoms with van der Waals surface area (Å²) in [6.45, 7) is 0. The number of hydrogen-bond acceptors (Lipinski definition) is 4. The molecule has 0 amide bonds. The SMILES string of the molecule is O=S(=O)(O)c1ccc2c(c1)[nH]c1cc(S(=O)(=O)O)ccc12. The fourth-order valence-electron chi connectivity index (χ4n) is 2.19. The summed E-state index contributed by atoms with van der Waals surface area (Å²) in [5.41, 5.74) is 0.847. The zero-order valence-electron chi connectivity index (χ0n) is 10.3. The Kier molecular flexibility index (Phi) is 2.85. The average Bonchev–Trinajstić information content (AvgIpc) is 2.73. The van der Waals surface area contributed by atoms with E-state index >= 15 is 0 Å². The summed E-state index contributed by atoms with van der Waals surface area (Å²) in [4.78, 5) is 2.32. The maximum absolute atomic E-state index is 11.1. The van der Waals surface area contributed by atoms with Gasteiger partial charge < -0.3 is 4.98 Å². The van der Waals surface area contributed by atoms with E-state index in [2.05, 4.69) is 4.98 Å². The molecule has 3 rings (SSSR count). The van der Waals surface area contributed by atoms with Gasteiger partial charge in [-0.25, -0.2) is 0 Å². The Hall–Kier alpha value is -1.94. The summed E-state index contributed by atoms with van der Waals surface area (Å²) in [7, 11) is -8.64. The number of nitrogens with one attached hydrogen (secondary N) is 1. The molecule has 3 N–H and O–H groups in total. The van der Waals surface area contributed by atoms with Crippen LogP contribution in [0.25, 0.3) is 21.8 Å². The van der Waals surface area contributed by atoms with E-state index in [4.69, 9.17) is 9.11 Å². The second-order valence-electron chi connectivity index (χ2n) is 4.49. The largest absolute Gasteiger partial charge is 0.354 e. The number of fused-ring (bicyclic) bond motifs is 3. The molecule has 0 aliphatic carbocycles. The van der Waals surface area contributed by atoms with Crippen LogP contribution in [0, 0.1) is 0 Å². The molecule has 2 aromatic carbocycles. The standard InChI is InChI=1S/C12H9NO6S2/c14-20(15,16)7-1-3-9-10-4-2-8(21(17,18)19)6-12(10)13-11(9)5-7/h1-6,13H,(H,14,15,16)(H,17,18,19). The minimum atomic E-state index is -4.32. The minimum Gasteiger partial charge on any atom is -0.354 e. The van der Waals surface area contributed by atoms with E-state index in [9.17, 15) is 16.8 Å². The molecule has 1 aromatic heterocycles. The van der Waals surface area contributed by atoms with Crippen LogP contribution in [0.1, 0.15) is 0 Å². The van der Waals surface area contributed by atoms with Crippen LogP contribution in [0.2, 0.25) is 0 Å². The van der Waals surface area contributed by atoms with Gasteiger partial charge in [0.1, 0.15) is 0 Å². The molecule has 1 heterocycles. The van der Waals surface area contributed by atoms with Gasteiger partial charge in [0, 0.05) is 21.8 Å². The number of aromatic amines is 1. The van der Waals surface area contributed by atoms with Crippen molar-refractivity contribution >= 4 is 42.0 Å². The van der Waals surface area contributed by atoms with Gasteiger partial charge in [0.05, 0.1) is 9.79 Å². The van der Waals surface area contributed by atoms with Crippen LogP contribution in [0.5, 0.6) is 0 Å². The van der Waals surface area contributed by atoms with Crippen molar-refractivity contribution in [2.75, 3.05) is 0 Å². The predicted octanol–water partition coefficient (Wildman–Crippen LogP) is 1.81. The van der Waals surface area contributed by atoms with Gasteiger partial charge in [0.25, 0.3) is 20.2 Å². The molecule has 0 unspecified atom stereocenters. The number of benzene rings is 2. The van der Waals surface area contributed by atoms with E-state index in [0.717, 1.165) is 0 Å². The van der Waals surface area contributed by atoms with Crippen molar-refractivity contribution < 1.29 is 25.9 Å². The fraction of sp³-hybridized carbons (Fsp3) is 0. The first-order valence-electron chi connectivity index (χ1n) is 5.67. The lowest BCUT2D eigenvalue weighted by atomic mass is 10.1. The van der Waals surface area contributed by atoms with E-state index in [1.54, 1.807) is 0 Å². The first kappa shape index (κ1) is 14.0. The minimum absolute atomic E-state index is 0.267. The molecule has 0 aliphatic heterocycles. The van der Waals surface area contributed by atoms with Gasteiger partial charge >= 0.3 is 0 Å². The Morgan fingerprint density at radius 2 is 1.10 bits per heavy atom. The molecule has 9 heteroatoms. The van der Waals surface area contributed by atoms with Crippen molar-refractivity contribution in [2.24, 2.45) is 0 Å². The maximum Gasteiger partial charge on any atom is 0.294 e. The Bertz CT molecular complexity index is 993. The van der Waals surface area contributed by atoms with Crippen molar-refractivity contribution in [3.63, 3.8) is 0 Å². The van der Waals surface area contributed by atoms with Crippen LogP contribution in [-0.2, 0) is 20.2 Å². The lowest BCUT2D eigenvalue weighted by Crippen LogP contribution is -1.97. The van der Waals surface area contributed by atoms with E-state index in [1.807, 2.05) is 0 Å². The predicted molar refractivity (Wildman–Crippen MR) is 75.4 cm³/mol. The van der Waals surface area contributed by atoms with Crippen molar-refractivity contribution in [2.45, 2.75) is 9.79 Å². The van der Waals surface area contributed by atoms with E-state index in [-0.39, 0.29) is 9.79 Å². The van der Waals surface area contributed by atoms with Crippen molar-refractivity contribution in [1.82, 2.24) is 4.98 Å². The highest BCUT2D eigenvalue weighted by Crippen LogP contribution is 2.28. The third kappa shape index (κ3) is 2.40. The third-order valence-electron chi connectivity index (χ3n) is 3.14. The zero-order chi connectivity index (χ0) is 15.4. The summed E-state index contributed by atoms with van der Waals surface area (Å²) < 4.78 is 62.5. The van der Waals surface area contributed by atoms with Crippen molar-refractivity contribution in [3.8, 4) is 0 Å². The number of rotatable bonds is 2. The number of aromatic nitrogens is 1. The molecule has 0 spiro atoms. The van der Waals surface area contributed by atoms with Gasteiger partial charge in [-0.15, -0.1) is 0 Å². The molecule has 110 valence electrons. The molecule has 7 nitrogen and oxygen atoms in total. The summed E-state index contributed by atoms with van der Waals surface area (Å²) in [5, 5.41) is 1.33. The third-order valence-corrected chi connectivity index (χ3v) is 4.84. The van der Waals surface area contributed by atoms with Gasteiger partial charge in [-0.3, -0.25) is 9.11 Å². The van der Waals surface area contributed by atoms with Gasteiger partial charge in [-0.2, -0.15) is 16.8 Å². The molecule has 0 atom stereocenters. The Morgan fingerprint density at radius 3 is 1.43 bits per heavy atom. The normalized spacial score (nSPS) is 13.0. The maximum atomic E-state index is 11.1. The molecule has 0 bridgehead atoms. The van der Waals surface area contributed by atoms with Gasteiger partial charge in [0.2, 0.25) is 0 Å². The molecule has 21 heavy (non-hydrogen) atoms. The number of H-pyrrole nitrogens is 1. The van der Waals surface area contributed by atoms with Crippen LogP contribution in [-0.4, -0.2) is 30.9 Å². The molecule has 0 fully saturated rings. The van der Waals surface area contributed by atoms with Crippen LogP contribution < -0.4 is 0 Å². The Labute approximate surface area is 119 Å². The quantitative estimate of drug-likeness (QED) is 0.617. The Morgan fingerprint density at radius 1 is 0.714 bits per heavy atom. The molecule has 0 aliphatic rings. The molecular formula is C12H9NO6S2. The molecular weight excluding hydrogens is 318 g/mol. The summed E-state index contributed by atoms with van der Waals surface area (Å²) in [5.74, 6) is 0.